The van der Waals surface area contributed by atoms with Crippen LogP contribution in [0.3, 0.4) is 0 Å². The van der Waals surface area contributed by atoms with Crippen LogP contribution in [0.2, 0.25) is 10.0 Å². The van der Waals surface area contributed by atoms with Crippen LogP contribution in [-0.2, 0) is 4.79 Å². The molecule has 2 aromatic rings. The van der Waals surface area contributed by atoms with Gasteiger partial charge in [0.05, 0.1) is 15.7 Å². The Morgan fingerprint density at radius 1 is 1.18 bits per heavy atom. The van der Waals surface area contributed by atoms with Crippen LogP contribution in [0.5, 0.6) is 5.75 Å². The quantitative estimate of drug-likeness (QED) is 0.820. The molecule has 0 unspecified atom stereocenters. The van der Waals surface area contributed by atoms with Gasteiger partial charge in [0.15, 0.2) is 6.61 Å². The van der Waals surface area contributed by atoms with Gasteiger partial charge in [0, 0.05) is 5.69 Å². The predicted molar refractivity (Wildman–Crippen MR) is 90.9 cm³/mol. The zero-order valence-corrected chi connectivity index (χ0v) is 13.8. The number of ether oxygens (including phenoxy) is 1. The highest BCUT2D eigenvalue weighted by atomic mass is 35.5. The summed E-state index contributed by atoms with van der Waals surface area (Å²) in [4.78, 5) is 11.9. The van der Waals surface area contributed by atoms with Gasteiger partial charge in [0.2, 0.25) is 0 Å². The van der Waals surface area contributed by atoms with Crippen molar-refractivity contribution in [3.8, 4) is 5.75 Å². The minimum Gasteiger partial charge on any atom is -0.483 e. The highest BCUT2D eigenvalue weighted by Gasteiger charge is 2.09. The van der Waals surface area contributed by atoms with Gasteiger partial charge in [0.1, 0.15) is 5.75 Å². The maximum absolute atomic E-state index is 11.9. The maximum Gasteiger partial charge on any atom is 0.262 e. The van der Waals surface area contributed by atoms with Crippen molar-refractivity contribution in [2.75, 3.05) is 17.7 Å². The van der Waals surface area contributed by atoms with E-state index in [1.165, 1.54) is 0 Å². The van der Waals surface area contributed by atoms with E-state index in [9.17, 15) is 4.79 Å². The van der Waals surface area contributed by atoms with Crippen LogP contribution in [0.1, 0.15) is 11.1 Å². The minimum absolute atomic E-state index is 0.107. The van der Waals surface area contributed by atoms with Gasteiger partial charge in [-0.15, -0.1) is 0 Å². The second-order valence-electron chi connectivity index (χ2n) is 4.96. The lowest BCUT2D eigenvalue weighted by molar-refractivity contribution is -0.118. The highest BCUT2D eigenvalue weighted by molar-refractivity contribution is 6.39. The predicted octanol–water partition coefficient (Wildman–Crippen LogP) is 4.21. The number of carbonyl (C=O) groups excluding carboxylic acids is 1. The molecular formula is C16H16Cl2N2O2. The molecule has 22 heavy (non-hydrogen) atoms. The lowest BCUT2D eigenvalue weighted by atomic mass is 10.1. The van der Waals surface area contributed by atoms with Crippen LogP contribution in [0, 0.1) is 13.8 Å². The zero-order chi connectivity index (χ0) is 16.3. The van der Waals surface area contributed by atoms with E-state index in [1.807, 2.05) is 32.0 Å². The lowest BCUT2D eigenvalue weighted by Crippen LogP contribution is -2.20. The molecule has 2 rings (SSSR count). The molecule has 0 bridgehead atoms. The summed E-state index contributed by atoms with van der Waals surface area (Å²) in [5.74, 6) is 0.376. The maximum atomic E-state index is 11.9. The Labute approximate surface area is 139 Å². The van der Waals surface area contributed by atoms with Gasteiger partial charge in [-0.25, -0.2) is 0 Å². The van der Waals surface area contributed by atoms with Crippen molar-refractivity contribution in [3.63, 3.8) is 0 Å². The normalized spacial score (nSPS) is 10.4. The summed E-state index contributed by atoms with van der Waals surface area (Å²) in [6.45, 7) is 3.78. The molecule has 0 saturated heterocycles. The van der Waals surface area contributed by atoms with E-state index in [0.717, 1.165) is 11.1 Å². The van der Waals surface area contributed by atoms with Gasteiger partial charge < -0.3 is 15.8 Å². The Bertz CT molecular complexity index is 694. The molecule has 0 saturated carbocycles. The molecule has 0 aliphatic heterocycles. The number of rotatable bonds is 4. The van der Waals surface area contributed by atoms with Gasteiger partial charge in [-0.2, -0.15) is 0 Å². The lowest BCUT2D eigenvalue weighted by Gasteiger charge is -2.11. The fourth-order valence-corrected chi connectivity index (χ4v) is 2.35. The van der Waals surface area contributed by atoms with E-state index in [-0.39, 0.29) is 18.2 Å². The van der Waals surface area contributed by atoms with Crippen LogP contribution in [0.4, 0.5) is 11.4 Å². The van der Waals surface area contributed by atoms with E-state index in [0.29, 0.717) is 21.5 Å². The van der Waals surface area contributed by atoms with Crippen molar-refractivity contribution in [1.29, 1.82) is 0 Å². The molecule has 0 fully saturated rings. The number of benzene rings is 2. The van der Waals surface area contributed by atoms with E-state index in [1.54, 1.807) is 12.1 Å². The van der Waals surface area contributed by atoms with E-state index in [2.05, 4.69) is 5.32 Å². The summed E-state index contributed by atoms with van der Waals surface area (Å²) in [6.07, 6.45) is 0. The van der Waals surface area contributed by atoms with Gasteiger partial charge in [-0.3, -0.25) is 4.79 Å². The first-order valence-electron chi connectivity index (χ1n) is 6.61. The Balaban J connectivity index is 2.00. The molecule has 0 spiro atoms. The molecule has 3 N–H and O–H groups in total. The average molecular weight is 339 g/mol. The molecule has 4 nitrogen and oxygen atoms in total. The van der Waals surface area contributed by atoms with Crippen molar-refractivity contribution in [2.24, 2.45) is 0 Å². The van der Waals surface area contributed by atoms with Crippen molar-refractivity contribution >= 4 is 40.5 Å². The number of hydrogen-bond donors (Lipinski definition) is 2. The topological polar surface area (TPSA) is 64.3 Å². The molecule has 0 atom stereocenters. The number of nitrogen functional groups attached to an aromatic ring is 1. The number of nitrogens with two attached hydrogens (primary N) is 1. The van der Waals surface area contributed by atoms with Gasteiger partial charge >= 0.3 is 0 Å². The molecule has 2 aromatic carbocycles. The Morgan fingerprint density at radius 3 is 2.45 bits per heavy atom. The van der Waals surface area contributed by atoms with E-state index < -0.39 is 0 Å². The molecule has 6 heteroatoms. The minimum atomic E-state index is -0.308. The molecule has 0 aliphatic rings. The standard InChI is InChI=1S/C16H16Cl2N2O2/c1-9-3-4-10(2)14(5-9)22-8-15(21)20-11-6-12(17)16(19)13(18)7-11/h3-7H,8,19H2,1-2H3,(H,20,21). The second-order valence-corrected chi connectivity index (χ2v) is 5.77. The largest absolute Gasteiger partial charge is 0.483 e. The van der Waals surface area contributed by atoms with Crippen molar-refractivity contribution in [1.82, 2.24) is 0 Å². The van der Waals surface area contributed by atoms with Crippen LogP contribution in [0.25, 0.3) is 0 Å². The van der Waals surface area contributed by atoms with Crippen molar-refractivity contribution in [3.05, 3.63) is 51.5 Å². The third-order valence-electron chi connectivity index (χ3n) is 3.07. The number of carbonyl (C=O) groups is 1. The smallest absolute Gasteiger partial charge is 0.262 e. The number of anilines is 2. The van der Waals surface area contributed by atoms with Crippen LogP contribution < -0.4 is 15.8 Å². The molecule has 0 heterocycles. The van der Waals surface area contributed by atoms with E-state index in [4.69, 9.17) is 33.7 Å². The third-order valence-corrected chi connectivity index (χ3v) is 3.69. The van der Waals surface area contributed by atoms with Crippen LogP contribution in [-0.4, -0.2) is 12.5 Å². The SMILES string of the molecule is Cc1ccc(C)c(OCC(=O)Nc2cc(Cl)c(N)c(Cl)c2)c1. The Kier molecular flexibility index (Phi) is 5.16. The monoisotopic (exact) mass is 338 g/mol. The van der Waals surface area contributed by atoms with Gasteiger partial charge in [-0.05, 0) is 43.2 Å². The summed E-state index contributed by atoms with van der Waals surface area (Å²) in [7, 11) is 0. The number of nitrogens with one attached hydrogen (secondary N) is 1. The summed E-state index contributed by atoms with van der Waals surface area (Å²) in [5, 5.41) is 3.25. The first-order chi connectivity index (χ1) is 10.4. The first kappa shape index (κ1) is 16.5. The third kappa shape index (κ3) is 4.06. The molecule has 0 aromatic heterocycles. The van der Waals surface area contributed by atoms with Gasteiger partial charge in [0.25, 0.3) is 5.91 Å². The molecule has 116 valence electrons. The summed E-state index contributed by atoms with van der Waals surface area (Å²) >= 11 is 11.8. The van der Waals surface area contributed by atoms with Gasteiger partial charge in [-0.1, -0.05) is 35.3 Å². The zero-order valence-electron chi connectivity index (χ0n) is 12.2. The molecule has 0 aliphatic carbocycles. The number of amides is 1. The number of hydrogen-bond acceptors (Lipinski definition) is 3. The fraction of sp³-hybridized carbons (Fsp3) is 0.188. The van der Waals surface area contributed by atoms with Crippen LogP contribution >= 0.6 is 23.2 Å². The number of halogens is 2. The van der Waals surface area contributed by atoms with E-state index >= 15 is 0 Å². The Morgan fingerprint density at radius 2 is 1.82 bits per heavy atom. The molecule has 0 radical (unpaired) electrons. The molecular weight excluding hydrogens is 323 g/mol. The van der Waals surface area contributed by atoms with Crippen molar-refractivity contribution in [2.45, 2.75) is 13.8 Å². The summed E-state index contributed by atoms with van der Waals surface area (Å²) in [6, 6.07) is 8.90. The molecule has 1 amide bonds. The number of aryl methyl sites for hydroxylation is 2. The summed E-state index contributed by atoms with van der Waals surface area (Å²) < 4.78 is 5.53. The van der Waals surface area contributed by atoms with Crippen LogP contribution in [0.15, 0.2) is 30.3 Å². The summed E-state index contributed by atoms with van der Waals surface area (Å²) in [5.41, 5.74) is 8.44. The Hall–Kier alpha value is -1.91. The fourth-order valence-electron chi connectivity index (χ4n) is 1.86. The highest BCUT2D eigenvalue weighted by Crippen LogP contribution is 2.31. The van der Waals surface area contributed by atoms with Crippen molar-refractivity contribution < 1.29 is 9.53 Å². The average Bonchev–Trinajstić information content (AvgIpc) is 2.45. The second kappa shape index (κ2) is 6.90. The first-order valence-corrected chi connectivity index (χ1v) is 7.37.